The predicted octanol–water partition coefficient (Wildman–Crippen LogP) is 2.73. The Kier molecular flexibility index (Phi) is 6.92. The summed E-state index contributed by atoms with van der Waals surface area (Å²) in [4.78, 5) is 22.2. The quantitative estimate of drug-likeness (QED) is 0.809. The van der Waals surface area contributed by atoms with E-state index in [0.717, 1.165) is 6.07 Å². The number of ether oxygens (including phenoxy) is 1. The zero-order valence-electron chi connectivity index (χ0n) is 12.8. The summed E-state index contributed by atoms with van der Waals surface area (Å²) in [5.41, 5.74) is -0.142. The maximum Gasteiger partial charge on any atom is 0.471 e. The maximum absolute atomic E-state index is 12.4. The van der Waals surface area contributed by atoms with Crippen LogP contribution in [0.5, 0.6) is 5.75 Å². The van der Waals surface area contributed by atoms with E-state index >= 15 is 0 Å². The molecule has 1 aromatic rings. The van der Waals surface area contributed by atoms with Crippen molar-refractivity contribution in [3.8, 4) is 17.6 Å². The monoisotopic (exact) mass is 362 g/mol. The van der Waals surface area contributed by atoms with E-state index in [-0.39, 0.29) is 40.9 Å². The number of carbonyl (C=O) groups is 2. The molecule has 130 valence electrons. The van der Waals surface area contributed by atoms with Gasteiger partial charge in [0.05, 0.1) is 24.4 Å². The maximum atomic E-state index is 12.4. The van der Waals surface area contributed by atoms with E-state index in [0.29, 0.717) is 0 Å². The molecule has 2 N–H and O–H groups in total. The SMILES string of the molecule is CCC(=O)NCC#Cc1cc(Cl)c(OC)cc1NC(=O)C(F)(F)F. The lowest BCUT2D eigenvalue weighted by molar-refractivity contribution is -0.167. The first-order valence-electron chi connectivity index (χ1n) is 6.70. The molecule has 0 aromatic heterocycles. The van der Waals surface area contributed by atoms with E-state index < -0.39 is 12.1 Å². The molecule has 0 spiro atoms. The molecule has 2 amide bonds. The first-order chi connectivity index (χ1) is 11.2. The number of rotatable bonds is 4. The molecule has 0 bridgehead atoms. The van der Waals surface area contributed by atoms with Crippen LogP contribution in [-0.2, 0) is 9.59 Å². The number of halogens is 4. The number of alkyl halides is 3. The molecular formula is C15H14ClF3N2O3. The Morgan fingerprint density at radius 2 is 2.00 bits per heavy atom. The zero-order chi connectivity index (χ0) is 18.3. The first-order valence-corrected chi connectivity index (χ1v) is 7.08. The summed E-state index contributed by atoms with van der Waals surface area (Å²) < 4.78 is 42.1. The van der Waals surface area contributed by atoms with Gasteiger partial charge in [-0.2, -0.15) is 13.2 Å². The molecular weight excluding hydrogens is 349 g/mol. The fourth-order valence-corrected chi connectivity index (χ4v) is 1.76. The highest BCUT2D eigenvalue weighted by Crippen LogP contribution is 2.31. The largest absolute Gasteiger partial charge is 0.495 e. The number of carbonyl (C=O) groups excluding carboxylic acids is 2. The molecule has 0 saturated carbocycles. The van der Waals surface area contributed by atoms with E-state index in [4.69, 9.17) is 16.3 Å². The zero-order valence-corrected chi connectivity index (χ0v) is 13.6. The van der Waals surface area contributed by atoms with E-state index in [9.17, 15) is 22.8 Å². The second-order valence-electron chi connectivity index (χ2n) is 4.42. The van der Waals surface area contributed by atoms with Gasteiger partial charge < -0.3 is 15.4 Å². The van der Waals surface area contributed by atoms with Gasteiger partial charge in [-0.15, -0.1) is 0 Å². The van der Waals surface area contributed by atoms with E-state index in [1.807, 2.05) is 0 Å². The highest BCUT2D eigenvalue weighted by Gasteiger charge is 2.39. The predicted molar refractivity (Wildman–Crippen MR) is 82.9 cm³/mol. The van der Waals surface area contributed by atoms with Gasteiger partial charge in [-0.1, -0.05) is 30.4 Å². The topological polar surface area (TPSA) is 67.4 Å². The van der Waals surface area contributed by atoms with Crippen molar-refractivity contribution in [3.63, 3.8) is 0 Å². The molecule has 1 aromatic carbocycles. The third-order valence-electron chi connectivity index (χ3n) is 2.72. The number of benzene rings is 1. The molecule has 0 radical (unpaired) electrons. The van der Waals surface area contributed by atoms with Gasteiger partial charge in [0, 0.05) is 18.1 Å². The van der Waals surface area contributed by atoms with Crippen LogP contribution in [0.4, 0.5) is 18.9 Å². The lowest BCUT2D eigenvalue weighted by atomic mass is 10.1. The molecule has 1 rings (SSSR count). The lowest BCUT2D eigenvalue weighted by Gasteiger charge is -2.12. The summed E-state index contributed by atoms with van der Waals surface area (Å²) >= 11 is 5.92. The molecule has 0 aliphatic rings. The van der Waals surface area contributed by atoms with Crippen molar-refractivity contribution in [1.29, 1.82) is 0 Å². The summed E-state index contributed by atoms with van der Waals surface area (Å²) in [5.74, 6) is 2.84. The Bertz CT molecular complexity index is 694. The lowest BCUT2D eigenvalue weighted by Crippen LogP contribution is -2.30. The molecule has 0 saturated heterocycles. The summed E-state index contributed by atoms with van der Waals surface area (Å²) in [6.07, 6.45) is -4.77. The van der Waals surface area contributed by atoms with Crippen molar-refractivity contribution >= 4 is 29.1 Å². The third kappa shape index (κ3) is 5.66. The van der Waals surface area contributed by atoms with Crippen LogP contribution in [0.25, 0.3) is 0 Å². The standard InChI is InChI=1S/C15H14ClF3N2O3/c1-3-13(22)20-6-4-5-9-7-10(16)12(24-2)8-11(9)21-14(23)15(17,18)19/h7-8H,3,6H2,1-2H3,(H,20,22)(H,21,23). The van der Waals surface area contributed by atoms with Gasteiger partial charge in [0.1, 0.15) is 5.75 Å². The van der Waals surface area contributed by atoms with Crippen LogP contribution in [-0.4, -0.2) is 31.6 Å². The summed E-state index contributed by atoms with van der Waals surface area (Å²) in [6.45, 7) is 1.67. The summed E-state index contributed by atoms with van der Waals surface area (Å²) in [6, 6.07) is 2.40. The highest BCUT2D eigenvalue weighted by atomic mass is 35.5. The van der Waals surface area contributed by atoms with E-state index in [1.165, 1.54) is 13.2 Å². The number of hydrogen-bond acceptors (Lipinski definition) is 3. The van der Waals surface area contributed by atoms with Gasteiger partial charge in [-0.3, -0.25) is 9.59 Å². The molecule has 5 nitrogen and oxygen atoms in total. The molecule has 0 aliphatic carbocycles. The third-order valence-corrected chi connectivity index (χ3v) is 3.01. The Morgan fingerprint density at radius 1 is 1.33 bits per heavy atom. The second-order valence-corrected chi connectivity index (χ2v) is 4.82. The van der Waals surface area contributed by atoms with E-state index in [2.05, 4.69) is 17.2 Å². The van der Waals surface area contributed by atoms with Crippen LogP contribution >= 0.6 is 11.6 Å². The Morgan fingerprint density at radius 3 is 2.54 bits per heavy atom. The Balaban J connectivity index is 3.09. The molecule has 0 atom stereocenters. The van der Waals surface area contributed by atoms with Crippen LogP contribution in [0.15, 0.2) is 12.1 Å². The van der Waals surface area contributed by atoms with Crippen molar-refractivity contribution < 1.29 is 27.5 Å². The van der Waals surface area contributed by atoms with Gasteiger partial charge in [0.2, 0.25) is 5.91 Å². The van der Waals surface area contributed by atoms with Gasteiger partial charge >= 0.3 is 12.1 Å². The van der Waals surface area contributed by atoms with Crippen LogP contribution in [0.2, 0.25) is 5.02 Å². The highest BCUT2D eigenvalue weighted by molar-refractivity contribution is 6.32. The Labute approximate surface area is 141 Å². The number of hydrogen-bond donors (Lipinski definition) is 2. The molecule has 0 aliphatic heterocycles. The van der Waals surface area contributed by atoms with Crippen molar-refractivity contribution in [1.82, 2.24) is 5.32 Å². The van der Waals surface area contributed by atoms with Crippen LogP contribution in [0, 0.1) is 11.8 Å². The fourth-order valence-electron chi connectivity index (χ4n) is 1.52. The van der Waals surface area contributed by atoms with Crippen molar-refractivity contribution in [2.75, 3.05) is 19.0 Å². The van der Waals surface area contributed by atoms with Crippen molar-refractivity contribution in [3.05, 3.63) is 22.7 Å². The summed E-state index contributed by atoms with van der Waals surface area (Å²) in [7, 11) is 1.28. The summed E-state index contributed by atoms with van der Waals surface area (Å²) in [5, 5.41) is 4.32. The van der Waals surface area contributed by atoms with Crippen molar-refractivity contribution in [2.24, 2.45) is 0 Å². The van der Waals surface area contributed by atoms with Crippen LogP contribution < -0.4 is 15.4 Å². The molecule has 0 heterocycles. The molecule has 9 heteroatoms. The number of nitrogens with one attached hydrogen (secondary N) is 2. The van der Waals surface area contributed by atoms with Gasteiger partial charge in [0.25, 0.3) is 0 Å². The average molecular weight is 363 g/mol. The minimum Gasteiger partial charge on any atom is -0.495 e. The van der Waals surface area contributed by atoms with Crippen LogP contribution in [0.3, 0.4) is 0 Å². The molecule has 0 fully saturated rings. The number of methoxy groups -OCH3 is 1. The van der Waals surface area contributed by atoms with Crippen LogP contribution in [0.1, 0.15) is 18.9 Å². The minimum atomic E-state index is -5.05. The van der Waals surface area contributed by atoms with Crippen molar-refractivity contribution in [2.45, 2.75) is 19.5 Å². The molecule has 0 unspecified atom stereocenters. The average Bonchev–Trinajstić information content (AvgIpc) is 2.52. The normalized spacial score (nSPS) is 10.4. The van der Waals surface area contributed by atoms with Gasteiger partial charge in [-0.05, 0) is 6.07 Å². The first kappa shape index (κ1) is 19.6. The fraction of sp³-hybridized carbons (Fsp3) is 0.333. The minimum absolute atomic E-state index is 0.00296. The number of anilines is 1. The Hall–Kier alpha value is -2.40. The number of amides is 2. The molecule has 24 heavy (non-hydrogen) atoms. The van der Waals surface area contributed by atoms with Gasteiger partial charge in [-0.25, -0.2) is 0 Å². The van der Waals surface area contributed by atoms with E-state index in [1.54, 1.807) is 12.2 Å². The smallest absolute Gasteiger partial charge is 0.471 e. The second kappa shape index (κ2) is 8.45. The van der Waals surface area contributed by atoms with Gasteiger partial charge in [0.15, 0.2) is 0 Å².